The Bertz CT molecular complexity index is 1840. The third-order valence-electron chi connectivity index (χ3n) is 7.66. The molecule has 2 heterocycles. The number of rotatable bonds is 6. The van der Waals surface area contributed by atoms with E-state index in [0.29, 0.717) is 31.4 Å². The first-order chi connectivity index (χ1) is 22.9. The third-order valence-corrected chi connectivity index (χ3v) is 8.53. The summed E-state index contributed by atoms with van der Waals surface area (Å²) in [6.07, 6.45) is 6.53. The molecule has 0 spiro atoms. The molecule has 48 heavy (non-hydrogen) atoms. The molecule has 0 saturated carbocycles. The summed E-state index contributed by atoms with van der Waals surface area (Å²) in [4.78, 5) is 24.8. The molecule has 1 N–H and O–H groups in total. The first-order valence-corrected chi connectivity index (χ1v) is 16.3. The van der Waals surface area contributed by atoms with E-state index in [1.807, 2.05) is 24.0 Å². The molecule has 2 aliphatic heterocycles. The van der Waals surface area contributed by atoms with E-state index in [9.17, 15) is 28.6 Å². The number of nitro groups is 2. The molecule has 248 valence electrons. The van der Waals surface area contributed by atoms with Crippen LogP contribution in [-0.4, -0.2) is 55.9 Å². The van der Waals surface area contributed by atoms with E-state index in [2.05, 4.69) is 4.90 Å². The van der Waals surface area contributed by atoms with Crippen molar-refractivity contribution >= 4 is 39.8 Å². The molecule has 0 aliphatic carbocycles. The molecule has 0 unspecified atom stereocenters. The fourth-order valence-electron chi connectivity index (χ4n) is 5.09. The second kappa shape index (κ2) is 17.3. The number of hydrogen-bond donors (Lipinski definition) is 1. The van der Waals surface area contributed by atoms with Crippen LogP contribution < -0.4 is 9.80 Å². The van der Waals surface area contributed by atoms with Crippen LogP contribution in [0.2, 0.25) is 12.6 Å². The van der Waals surface area contributed by atoms with E-state index in [0.717, 1.165) is 37.2 Å². The van der Waals surface area contributed by atoms with Crippen LogP contribution in [0, 0.1) is 61.3 Å². The monoisotopic (exact) mass is 673 g/mol. The van der Waals surface area contributed by atoms with Gasteiger partial charge in [0.15, 0.2) is 0 Å². The minimum Gasteiger partial charge on any atom is -0.497 e. The van der Waals surface area contributed by atoms with E-state index in [1.54, 1.807) is 30.5 Å². The van der Waals surface area contributed by atoms with Gasteiger partial charge < -0.3 is 14.5 Å². The fraction of sp³-hybridized carbons (Fsp3) is 0.323. The van der Waals surface area contributed by atoms with Crippen molar-refractivity contribution in [1.82, 2.24) is 0 Å². The number of hydrogen-bond acceptors (Lipinski definition) is 12. The molecule has 0 aromatic heterocycles. The van der Waals surface area contributed by atoms with Crippen molar-refractivity contribution in [1.29, 1.82) is 15.8 Å². The Kier molecular flexibility index (Phi) is 13.2. The molecular formula is C31H32BN7O8S. The van der Waals surface area contributed by atoms with Gasteiger partial charge in [0.05, 0.1) is 14.7 Å². The maximum absolute atomic E-state index is 10.9. The minimum atomic E-state index is -4.02. The zero-order chi connectivity index (χ0) is 35.3. The Morgan fingerprint density at radius 2 is 1.23 bits per heavy atom. The molecular weight excluding hydrogens is 641 g/mol. The molecule has 0 radical (unpaired) electrons. The largest absolute Gasteiger partial charge is 0.497 e. The molecule has 3 aromatic rings. The summed E-state index contributed by atoms with van der Waals surface area (Å²) < 4.78 is 34.4. The first kappa shape index (κ1) is 36.8. The summed E-state index contributed by atoms with van der Waals surface area (Å²) in [6, 6.07) is 19.1. The van der Waals surface area contributed by atoms with Crippen molar-refractivity contribution in [3.63, 3.8) is 0 Å². The predicted octanol–water partition coefficient (Wildman–Crippen LogP) is 5.47. The highest BCUT2D eigenvalue weighted by Crippen LogP contribution is 2.28. The van der Waals surface area contributed by atoms with Gasteiger partial charge in [0, 0.05) is 49.7 Å². The lowest BCUT2D eigenvalue weighted by Gasteiger charge is -2.30. The highest BCUT2D eigenvalue weighted by molar-refractivity contribution is 7.85. The summed E-state index contributed by atoms with van der Waals surface area (Å²) in [6.45, 7) is 4.95. The van der Waals surface area contributed by atoms with E-state index in [4.69, 9.17) is 25.0 Å². The van der Waals surface area contributed by atoms with Gasteiger partial charge in [-0.25, -0.2) is 0 Å². The summed E-state index contributed by atoms with van der Waals surface area (Å²) >= 11 is 0. The SMILES string of the molecule is Cc1ccc(S(=O)(=O)O)cc1.N#COB1CCN(c2ccc(C#N)c([N+](=O)[O-])c2)CC1.N#Cc1ccc(N2CCCCC2)cc1[N+](=O)[O-]. The molecule has 0 atom stereocenters. The van der Waals surface area contributed by atoms with Gasteiger partial charge in [0.2, 0.25) is 0 Å². The van der Waals surface area contributed by atoms with Crippen molar-refractivity contribution in [3.05, 3.63) is 97.6 Å². The zero-order valence-electron chi connectivity index (χ0n) is 26.1. The normalized spacial score (nSPS) is 14.0. The second-order valence-electron chi connectivity index (χ2n) is 10.9. The molecule has 2 aliphatic rings. The van der Waals surface area contributed by atoms with Crippen LogP contribution in [0.4, 0.5) is 22.7 Å². The highest BCUT2D eigenvalue weighted by atomic mass is 32.2. The van der Waals surface area contributed by atoms with Crippen LogP contribution in [-0.2, 0) is 14.8 Å². The fourth-order valence-corrected chi connectivity index (χ4v) is 5.57. The highest BCUT2D eigenvalue weighted by Gasteiger charge is 2.27. The number of anilines is 2. The molecule has 5 rings (SSSR count). The van der Waals surface area contributed by atoms with Crippen LogP contribution in [0.1, 0.15) is 36.0 Å². The Morgan fingerprint density at radius 3 is 1.62 bits per heavy atom. The van der Waals surface area contributed by atoms with Crippen molar-refractivity contribution in [2.24, 2.45) is 0 Å². The second-order valence-corrected chi connectivity index (χ2v) is 12.3. The number of nitriles is 3. The standard InChI is InChI=1S/C12H11BN4O3.C12H13N3O2.C7H8O3S/c14-8-10-1-2-11(7-12(10)17(18)19)16-5-3-13(4-6-16)20-9-15;13-9-10-4-5-11(8-12(10)15(16)17)14-6-2-1-3-7-14;1-6-2-4-7(5-3-6)11(8,9)10/h1-2,7H,3-6H2;4-5,8H,1-3,6-7H2;2-5H,1H3,(H,8,9,10). The van der Waals surface area contributed by atoms with Crippen molar-refractivity contribution in [2.75, 3.05) is 36.0 Å². The quantitative estimate of drug-likeness (QED) is 0.113. The predicted molar refractivity (Wildman–Crippen MR) is 177 cm³/mol. The molecule has 2 saturated heterocycles. The maximum Gasteiger partial charge on any atom is 0.376 e. The van der Waals surface area contributed by atoms with Gasteiger partial charge in [-0.1, -0.05) is 17.7 Å². The Hall–Kier alpha value is -5.70. The van der Waals surface area contributed by atoms with Gasteiger partial charge in [0.25, 0.3) is 27.7 Å². The number of nitrogens with zero attached hydrogens (tertiary/aromatic N) is 7. The van der Waals surface area contributed by atoms with Gasteiger partial charge in [-0.05, 0) is 75.2 Å². The summed E-state index contributed by atoms with van der Waals surface area (Å²) in [7, 11) is -4.02. The molecule has 2 fully saturated rings. The van der Waals surface area contributed by atoms with Crippen LogP contribution in [0.25, 0.3) is 0 Å². The topological polar surface area (TPSA) is 228 Å². The number of benzene rings is 3. The van der Waals surface area contributed by atoms with Crippen LogP contribution in [0.5, 0.6) is 0 Å². The summed E-state index contributed by atoms with van der Waals surface area (Å²) in [5, 5.41) is 47.9. The van der Waals surface area contributed by atoms with E-state index in [1.165, 1.54) is 42.8 Å². The van der Waals surface area contributed by atoms with Gasteiger partial charge in [-0.2, -0.15) is 24.2 Å². The lowest BCUT2D eigenvalue weighted by Crippen LogP contribution is -2.37. The lowest BCUT2D eigenvalue weighted by atomic mass is 9.59. The van der Waals surface area contributed by atoms with E-state index in [-0.39, 0.29) is 34.3 Å². The van der Waals surface area contributed by atoms with Crippen molar-refractivity contribution in [3.8, 4) is 18.4 Å². The van der Waals surface area contributed by atoms with Crippen LogP contribution in [0.15, 0.2) is 65.6 Å². The van der Waals surface area contributed by atoms with Gasteiger partial charge >= 0.3 is 6.92 Å². The molecule has 3 aromatic carbocycles. The Morgan fingerprint density at radius 1 is 0.771 bits per heavy atom. The van der Waals surface area contributed by atoms with Crippen molar-refractivity contribution in [2.45, 2.75) is 43.7 Å². The average molecular weight is 674 g/mol. The van der Waals surface area contributed by atoms with Crippen molar-refractivity contribution < 1.29 is 27.5 Å². The van der Waals surface area contributed by atoms with Gasteiger partial charge in [0.1, 0.15) is 23.3 Å². The third kappa shape index (κ3) is 10.4. The number of aryl methyl sites for hydroxylation is 1. The smallest absolute Gasteiger partial charge is 0.376 e. The van der Waals surface area contributed by atoms with E-state index < -0.39 is 20.0 Å². The van der Waals surface area contributed by atoms with Gasteiger partial charge in [-0.15, -0.1) is 0 Å². The van der Waals surface area contributed by atoms with Crippen LogP contribution in [0.3, 0.4) is 0 Å². The molecule has 17 heteroatoms. The zero-order valence-corrected chi connectivity index (χ0v) is 26.9. The van der Waals surface area contributed by atoms with Crippen LogP contribution >= 0.6 is 0 Å². The molecule has 0 amide bonds. The minimum absolute atomic E-state index is 0.0569. The lowest BCUT2D eigenvalue weighted by molar-refractivity contribution is -0.385. The molecule has 15 nitrogen and oxygen atoms in total. The first-order valence-electron chi connectivity index (χ1n) is 14.8. The maximum atomic E-state index is 10.9. The number of nitro benzene ring substituents is 2. The van der Waals surface area contributed by atoms with Gasteiger partial charge in [-0.3, -0.25) is 24.8 Å². The Labute approximate surface area is 278 Å². The molecule has 0 bridgehead atoms. The summed E-state index contributed by atoms with van der Waals surface area (Å²) in [5.74, 6) is 0. The number of piperidine rings is 1. The summed E-state index contributed by atoms with van der Waals surface area (Å²) in [5.41, 5.74) is 2.41. The average Bonchev–Trinajstić information content (AvgIpc) is 3.09. The Balaban J connectivity index is 0.000000203. The van der Waals surface area contributed by atoms with E-state index >= 15 is 0 Å².